The first-order valence-electron chi connectivity index (χ1n) is 20.9. The minimum absolute atomic E-state index is 0.609. The summed E-state index contributed by atoms with van der Waals surface area (Å²) in [6.45, 7) is 0. The largest absolute Gasteiger partial charge is 0.247 e. The van der Waals surface area contributed by atoms with E-state index >= 15 is 0 Å². The molecule has 4 nitrogen and oxygen atoms in total. The Bertz CT molecular complexity index is 3250. The molecule has 0 spiro atoms. The van der Waals surface area contributed by atoms with Gasteiger partial charge in [0.25, 0.3) is 0 Å². The van der Waals surface area contributed by atoms with E-state index in [2.05, 4.69) is 212 Å². The minimum atomic E-state index is 0.609. The minimum Gasteiger partial charge on any atom is -0.247 e. The molecule has 0 amide bonds. The van der Waals surface area contributed by atoms with Crippen LogP contribution in [-0.4, -0.2) is 19.9 Å². The van der Waals surface area contributed by atoms with Crippen LogP contribution in [0.2, 0.25) is 0 Å². The summed E-state index contributed by atoms with van der Waals surface area (Å²) in [5.41, 5.74) is 14.9. The van der Waals surface area contributed by atoms with Crippen LogP contribution in [0, 0.1) is 0 Å². The fourth-order valence-corrected chi connectivity index (χ4v) is 8.39. The van der Waals surface area contributed by atoms with E-state index < -0.39 is 0 Å². The number of fused-ring (bicyclic) bond motifs is 3. The molecule has 0 aliphatic heterocycles. The molecular formula is C58H38N4. The molecule has 0 N–H and O–H groups in total. The molecular weight excluding hydrogens is 753 g/mol. The summed E-state index contributed by atoms with van der Waals surface area (Å²) in [7, 11) is 0. The van der Waals surface area contributed by atoms with Gasteiger partial charge in [-0.05, 0) is 62.7 Å². The lowest BCUT2D eigenvalue weighted by molar-refractivity contribution is 1.07. The van der Waals surface area contributed by atoms with Crippen molar-refractivity contribution in [1.82, 2.24) is 19.9 Å². The van der Waals surface area contributed by atoms with Crippen molar-refractivity contribution in [2.24, 2.45) is 0 Å². The van der Waals surface area contributed by atoms with Crippen molar-refractivity contribution >= 4 is 21.7 Å². The van der Waals surface area contributed by atoms with Crippen LogP contribution < -0.4 is 0 Å². The Morgan fingerprint density at radius 1 is 0.226 bits per heavy atom. The van der Waals surface area contributed by atoms with Crippen LogP contribution in [0.5, 0.6) is 0 Å². The smallest absolute Gasteiger partial charge is 0.164 e. The average Bonchev–Trinajstić information content (AvgIpc) is 3.37. The van der Waals surface area contributed by atoms with E-state index in [0.29, 0.717) is 17.5 Å². The topological polar surface area (TPSA) is 51.6 Å². The second kappa shape index (κ2) is 16.0. The number of hydrogen-bond donors (Lipinski definition) is 0. The SMILES string of the molecule is c1ccc(-c2ccc(-c3nc(-c4ccc(-c5ccccc5)cc4)nc(-c4cccc(-c5ccc6nc(-c7ccccc7)c7cccc(-c8ccccc8)c7c6c5)c4)n3)cc2)cc1. The Morgan fingerprint density at radius 3 is 1.19 bits per heavy atom. The zero-order valence-corrected chi connectivity index (χ0v) is 33.7. The van der Waals surface area contributed by atoms with Gasteiger partial charge in [-0.25, -0.2) is 19.9 Å². The van der Waals surface area contributed by atoms with Crippen LogP contribution in [0.25, 0.3) is 112 Å². The molecule has 0 bridgehead atoms. The van der Waals surface area contributed by atoms with E-state index in [-0.39, 0.29) is 0 Å². The van der Waals surface area contributed by atoms with Gasteiger partial charge in [0.05, 0.1) is 11.2 Å². The standard InChI is InChI=1S/C58H38N4/c1-5-15-39(16-6-1)41-27-31-45(32-28-41)56-60-57(46-33-29-42(30-34-46)40-17-7-2-8-18-40)62-58(61-56)49-24-13-23-47(37-49)48-35-36-53-52(38-48)54-50(43-19-9-3-10-20-43)25-14-26-51(54)55(59-53)44-21-11-4-12-22-44/h1-38H. The van der Waals surface area contributed by atoms with Gasteiger partial charge in [0.1, 0.15) is 0 Å². The molecule has 11 aromatic rings. The number of nitrogens with zero attached hydrogens (tertiary/aromatic N) is 4. The second-order valence-electron chi connectivity index (χ2n) is 15.4. The molecule has 0 aliphatic carbocycles. The number of hydrogen-bond acceptors (Lipinski definition) is 4. The van der Waals surface area contributed by atoms with Crippen LogP contribution in [-0.2, 0) is 0 Å². The monoisotopic (exact) mass is 790 g/mol. The first-order chi connectivity index (χ1) is 30.7. The Morgan fingerprint density at radius 2 is 0.629 bits per heavy atom. The first kappa shape index (κ1) is 36.7. The first-order valence-corrected chi connectivity index (χ1v) is 20.9. The van der Waals surface area contributed by atoms with Crippen LogP contribution in [0.15, 0.2) is 231 Å². The number of aromatic nitrogens is 4. The Balaban J connectivity index is 1.04. The fraction of sp³-hybridized carbons (Fsp3) is 0. The van der Waals surface area contributed by atoms with Gasteiger partial charge in [-0.3, -0.25) is 0 Å². The quantitative estimate of drug-likeness (QED) is 0.144. The number of benzene rings is 9. The fourth-order valence-electron chi connectivity index (χ4n) is 8.39. The van der Waals surface area contributed by atoms with Gasteiger partial charge >= 0.3 is 0 Å². The number of rotatable bonds is 8. The van der Waals surface area contributed by atoms with Gasteiger partial charge < -0.3 is 0 Å². The number of pyridine rings is 1. The van der Waals surface area contributed by atoms with Crippen molar-refractivity contribution in [3.63, 3.8) is 0 Å². The van der Waals surface area contributed by atoms with Crippen molar-refractivity contribution < 1.29 is 0 Å². The van der Waals surface area contributed by atoms with Crippen molar-refractivity contribution in [1.29, 1.82) is 0 Å². The van der Waals surface area contributed by atoms with Crippen molar-refractivity contribution in [2.75, 3.05) is 0 Å². The summed E-state index contributed by atoms with van der Waals surface area (Å²) in [5.74, 6) is 1.85. The third-order valence-corrected chi connectivity index (χ3v) is 11.5. The lowest BCUT2D eigenvalue weighted by atomic mass is 9.91. The molecule has 290 valence electrons. The van der Waals surface area contributed by atoms with Gasteiger partial charge in [0.15, 0.2) is 17.5 Å². The van der Waals surface area contributed by atoms with Crippen LogP contribution in [0.3, 0.4) is 0 Å². The molecule has 0 fully saturated rings. The Labute approximate surface area is 360 Å². The maximum Gasteiger partial charge on any atom is 0.164 e. The summed E-state index contributed by atoms with van der Waals surface area (Å²) < 4.78 is 0. The lowest BCUT2D eigenvalue weighted by Gasteiger charge is -2.15. The normalized spacial score (nSPS) is 11.2. The summed E-state index contributed by atoms with van der Waals surface area (Å²) in [5, 5.41) is 3.41. The van der Waals surface area contributed by atoms with Crippen molar-refractivity contribution in [2.45, 2.75) is 0 Å². The molecule has 0 saturated carbocycles. The van der Waals surface area contributed by atoms with E-state index in [9.17, 15) is 0 Å². The van der Waals surface area contributed by atoms with Gasteiger partial charge in [-0.1, -0.05) is 212 Å². The molecule has 2 heterocycles. The molecule has 2 aromatic heterocycles. The van der Waals surface area contributed by atoms with Crippen LogP contribution in [0.4, 0.5) is 0 Å². The third-order valence-electron chi connectivity index (χ3n) is 11.5. The summed E-state index contributed by atoms with van der Waals surface area (Å²) >= 11 is 0. The molecule has 11 rings (SSSR count). The van der Waals surface area contributed by atoms with Crippen LogP contribution in [0.1, 0.15) is 0 Å². The van der Waals surface area contributed by atoms with E-state index in [1.807, 2.05) is 18.2 Å². The molecule has 0 aliphatic rings. The maximum atomic E-state index is 5.30. The van der Waals surface area contributed by atoms with Gasteiger partial charge in [0.2, 0.25) is 0 Å². The molecule has 0 atom stereocenters. The van der Waals surface area contributed by atoms with E-state index in [0.717, 1.165) is 77.6 Å². The summed E-state index contributed by atoms with van der Waals surface area (Å²) in [4.78, 5) is 20.7. The Hall–Kier alpha value is -8.34. The lowest BCUT2D eigenvalue weighted by Crippen LogP contribution is -2.00. The average molecular weight is 791 g/mol. The van der Waals surface area contributed by atoms with E-state index in [4.69, 9.17) is 19.9 Å². The highest BCUT2D eigenvalue weighted by Gasteiger charge is 2.17. The van der Waals surface area contributed by atoms with Gasteiger partial charge in [-0.2, -0.15) is 0 Å². The van der Waals surface area contributed by atoms with Crippen molar-refractivity contribution in [3.05, 3.63) is 231 Å². The zero-order chi connectivity index (χ0) is 41.2. The Kier molecular flexibility index (Phi) is 9.49. The molecule has 4 heteroatoms. The van der Waals surface area contributed by atoms with E-state index in [1.165, 1.54) is 16.5 Å². The highest BCUT2D eigenvalue weighted by molar-refractivity contribution is 6.17. The summed E-state index contributed by atoms with van der Waals surface area (Å²) in [6, 6.07) is 80.5. The predicted octanol–water partition coefficient (Wildman–Crippen LogP) is 14.9. The highest BCUT2D eigenvalue weighted by Crippen LogP contribution is 2.40. The van der Waals surface area contributed by atoms with Crippen LogP contribution >= 0.6 is 0 Å². The molecule has 0 saturated heterocycles. The van der Waals surface area contributed by atoms with E-state index in [1.54, 1.807) is 0 Å². The van der Waals surface area contributed by atoms with Gasteiger partial charge in [0, 0.05) is 38.4 Å². The highest BCUT2D eigenvalue weighted by atomic mass is 15.0. The molecule has 0 unspecified atom stereocenters. The zero-order valence-electron chi connectivity index (χ0n) is 33.7. The molecule has 62 heavy (non-hydrogen) atoms. The maximum absolute atomic E-state index is 5.30. The second-order valence-corrected chi connectivity index (χ2v) is 15.4. The third kappa shape index (κ3) is 7.10. The van der Waals surface area contributed by atoms with Crippen molar-refractivity contribution in [3.8, 4) is 89.9 Å². The predicted molar refractivity (Wildman–Crippen MR) is 256 cm³/mol. The summed E-state index contributed by atoms with van der Waals surface area (Å²) in [6.07, 6.45) is 0. The van der Waals surface area contributed by atoms with Gasteiger partial charge in [-0.15, -0.1) is 0 Å². The molecule has 9 aromatic carbocycles. The molecule has 0 radical (unpaired) electrons.